The summed E-state index contributed by atoms with van der Waals surface area (Å²) in [5.74, 6) is -0.727. The van der Waals surface area contributed by atoms with Crippen molar-refractivity contribution in [3.05, 3.63) is 0 Å². The van der Waals surface area contributed by atoms with Gasteiger partial charge >= 0.3 is 0 Å². The molecule has 6 heteroatoms. The van der Waals surface area contributed by atoms with Crippen molar-refractivity contribution in [2.24, 2.45) is 9.98 Å². The zero-order valence-electron chi connectivity index (χ0n) is 8.06. The number of hydrogen-bond acceptors (Lipinski definition) is 6. The second-order valence-corrected chi connectivity index (χ2v) is 3.09. The highest BCUT2D eigenvalue weighted by molar-refractivity contribution is 6.48. The number of hydrogen-bond donors (Lipinski definition) is 0. The number of aliphatic imine (C=N–C) groups is 2. The molecule has 0 N–H and O–H groups in total. The van der Waals surface area contributed by atoms with Gasteiger partial charge in [0.15, 0.2) is 0 Å². The van der Waals surface area contributed by atoms with E-state index in [4.69, 9.17) is 9.47 Å². The van der Waals surface area contributed by atoms with E-state index >= 15 is 0 Å². The zero-order valence-corrected chi connectivity index (χ0v) is 8.06. The monoisotopic (exact) mass is 210 g/mol. The highest BCUT2D eigenvalue weighted by Gasteiger charge is 2.25. The van der Waals surface area contributed by atoms with Crippen molar-refractivity contribution in [3.8, 4) is 0 Å². The highest BCUT2D eigenvalue weighted by Crippen LogP contribution is 2.03. The van der Waals surface area contributed by atoms with E-state index in [9.17, 15) is 9.59 Å². The fraction of sp³-hybridized carbons (Fsp3) is 0.556. The molecule has 2 aliphatic rings. The fourth-order valence-electron chi connectivity index (χ4n) is 1.30. The van der Waals surface area contributed by atoms with Crippen molar-refractivity contribution in [3.63, 3.8) is 0 Å². The van der Waals surface area contributed by atoms with Crippen LogP contribution in [-0.2, 0) is 19.1 Å². The van der Waals surface area contributed by atoms with Crippen molar-refractivity contribution in [2.45, 2.75) is 6.42 Å². The average molecular weight is 210 g/mol. The molecule has 2 aliphatic heterocycles. The second kappa shape index (κ2) is 4.20. The van der Waals surface area contributed by atoms with E-state index < -0.39 is 11.6 Å². The molecule has 2 heterocycles. The summed E-state index contributed by atoms with van der Waals surface area (Å²) in [6.45, 7) is 1.78. The number of rotatable bonds is 4. The molecule has 0 fully saturated rings. The number of ether oxygens (including phenoxy) is 2. The molecule has 0 saturated heterocycles. The summed E-state index contributed by atoms with van der Waals surface area (Å²) in [5.41, 5.74) is 0. The zero-order chi connectivity index (χ0) is 10.7. The summed E-state index contributed by atoms with van der Waals surface area (Å²) in [5, 5.41) is 0. The Hall–Kier alpha value is -1.72. The summed E-state index contributed by atoms with van der Waals surface area (Å²) >= 11 is 0. The lowest BCUT2D eigenvalue weighted by molar-refractivity contribution is -0.121. The van der Waals surface area contributed by atoms with Crippen LogP contribution in [0.1, 0.15) is 6.42 Å². The van der Waals surface area contributed by atoms with Crippen molar-refractivity contribution in [1.29, 1.82) is 0 Å². The average Bonchev–Trinajstić information content (AvgIpc) is 2.91. The lowest BCUT2D eigenvalue weighted by atomic mass is 10.2. The molecular formula is C9H10N2O4. The lowest BCUT2D eigenvalue weighted by Crippen LogP contribution is -2.23. The lowest BCUT2D eigenvalue weighted by Gasteiger charge is -2.00. The number of carbonyl (C=O) groups excluding carboxylic acids is 2. The standard InChI is InChI=1S/C9H10N2O4/c12-6(8-10-1-3-14-8)5-7(13)9-11-2-4-15-9/h1-5H2. The molecule has 0 radical (unpaired) electrons. The van der Waals surface area contributed by atoms with E-state index in [1.165, 1.54) is 0 Å². The first-order valence-corrected chi connectivity index (χ1v) is 4.68. The Labute approximate surface area is 86.0 Å². The summed E-state index contributed by atoms with van der Waals surface area (Å²) in [6, 6.07) is 0. The molecule has 0 spiro atoms. The van der Waals surface area contributed by atoms with Gasteiger partial charge in [0, 0.05) is 0 Å². The SMILES string of the molecule is O=C(CC(=O)C1=NCCO1)C1=NCCO1. The van der Waals surface area contributed by atoms with Crippen molar-refractivity contribution >= 4 is 23.4 Å². The minimum Gasteiger partial charge on any atom is -0.473 e. The Morgan fingerprint density at radius 3 is 1.80 bits per heavy atom. The van der Waals surface area contributed by atoms with Crippen LogP contribution in [0, 0.1) is 0 Å². The quantitative estimate of drug-likeness (QED) is 0.579. The normalized spacial score (nSPS) is 18.9. The van der Waals surface area contributed by atoms with Crippen LogP contribution in [0.3, 0.4) is 0 Å². The van der Waals surface area contributed by atoms with Gasteiger partial charge < -0.3 is 9.47 Å². The first-order chi connectivity index (χ1) is 7.27. The van der Waals surface area contributed by atoms with Gasteiger partial charge in [-0.25, -0.2) is 9.98 Å². The molecule has 0 saturated carbocycles. The maximum absolute atomic E-state index is 11.4. The van der Waals surface area contributed by atoms with Gasteiger partial charge in [0.25, 0.3) is 11.8 Å². The molecule has 0 amide bonds. The van der Waals surface area contributed by atoms with Gasteiger partial charge in [-0.3, -0.25) is 9.59 Å². The Kier molecular flexibility index (Phi) is 2.75. The summed E-state index contributed by atoms with van der Waals surface area (Å²) < 4.78 is 9.89. The van der Waals surface area contributed by atoms with Gasteiger partial charge in [0.2, 0.25) is 11.6 Å². The highest BCUT2D eigenvalue weighted by atomic mass is 16.5. The van der Waals surface area contributed by atoms with E-state index in [2.05, 4.69) is 9.98 Å². The van der Waals surface area contributed by atoms with Gasteiger partial charge in [-0.05, 0) is 0 Å². The van der Waals surface area contributed by atoms with Crippen LogP contribution in [-0.4, -0.2) is 49.7 Å². The van der Waals surface area contributed by atoms with Crippen LogP contribution in [0.4, 0.5) is 0 Å². The molecule has 0 aromatic heterocycles. The molecule has 0 aliphatic carbocycles. The molecule has 6 nitrogen and oxygen atoms in total. The second-order valence-electron chi connectivity index (χ2n) is 3.09. The third-order valence-electron chi connectivity index (χ3n) is 1.97. The van der Waals surface area contributed by atoms with Crippen LogP contribution in [0.15, 0.2) is 9.98 Å². The maximum atomic E-state index is 11.4. The molecule has 15 heavy (non-hydrogen) atoms. The van der Waals surface area contributed by atoms with Gasteiger partial charge in [-0.2, -0.15) is 0 Å². The van der Waals surface area contributed by atoms with E-state index in [-0.39, 0.29) is 18.2 Å². The van der Waals surface area contributed by atoms with Crippen LogP contribution in [0.2, 0.25) is 0 Å². The van der Waals surface area contributed by atoms with E-state index in [1.54, 1.807) is 0 Å². The number of nitrogens with zero attached hydrogens (tertiary/aromatic N) is 2. The van der Waals surface area contributed by atoms with E-state index in [1.807, 2.05) is 0 Å². The van der Waals surface area contributed by atoms with Gasteiger partial charge in [0.1, 0.15) is 13.2 Å². The summed E-state index contributed by atoms with van der Waals surface area (Å²) in [4.78, 5) is 30.5. The molecular weight excluding hydrogens is 200 g/mol. The Morgan fingerprint density at radius 2 is 1.47 bits per heavy atom. The third-order valence-corrected chi connectivity index (χ3v) is 1.97. The first-order valence-electron chi connectivity index (χ1n) is 4.68. The predicted octanol–water partition coefficient (Wildman–Crippen LogP) is -0.628. The largest absolute Gasteiger partial charge is 0.473 e. The van der Waals surface area contributed by atoms with E-state index in [0.29, 0.717) is 26.3 Å². The smallest absolute Gasteiger partial charge is 0.254 e. The topological polar surface area (TPSA) is 77.3 Å². The molecule has 80 valence electrons. The van der Waals surface area contributed by atoms with Gasteiger partial charge in [-0.15, -0.1) is 0 Å². The minimum absolute atomic E-state index is 0.0435. The maximum Gasteiger partial charge on any atom is 0.254 e. The van der Waals surface area contributed by atoms with Crippen molar-refractivity contribution in [1.82, 2.24) is 0 Å². The van der Waals surface area contributed by atoms with Crippen LogP contribution < -0.4 is 0 Å². The fourth-order valence-corrected chi connectivity index (χ4v) is 1.30. The van der Waals surface area contributed by atoms with Gasteiger partial charge in [0.05, 0.1) is 19.5 Å². The minimum atomic E-state index is -0.407. The number of carbonyl (C=O) groups is 2. The van der Waals surface area contributed by atoms with Crippen LogP contribution >= 0.6 is 0 Å². The van der Waals surface area contributed by atoms with Crippen LogP contribution in [0.25, 0.3) is 0 Å². The summed E-state index contributed by atoms with van der Waals surface area (Å²) in [6.07, 6.45) is -0.280. The Balaban J connectivity index is 1.91. The molecule has 0 aromatic carbocycles. The van der Waals surface area contributed by atoms with Crippen molar-refractivity contribution < 1.29 is 19.1 Å². The van der Waals surface area contributed by atoms with Crippen LogP contribution in [0.5, 0.6) is 0 Å². The molecule has 0 unspecified atom stereocenters. The molecule has 0 aromatic rings. The Morgan fingerprint density at radius 1 is 1.00 bits per heavy atom. The van der Waals surface area contributed by atoms with Crippen molar-refractivity contribution in [2.75, 3.05) is 26.3 Å². The molecule has 2 rings (SSSR count). The number of Topliss-reactive ketones (excluding diaryl/α,β-unsaturated/α-hetero) is 2. The summed E-state index contributed by atoms with van der Waals surface area (Å²) in [7, 11) is 0. The predicted molar refractivity (Wildman–Crippen MR) is 51.1 cm³/mol. The third kappa shape index (κ3) is 2.20. The Bertz CT molecular complexity index is 325. The first kappa shape index (κ1) is 9.82. The molecule has 0 atom stereocenters. The number of ketones is 2. The molecule has 0 bridgehead atoms. The van der Waals surface area contributed by atoms with E-state index in [0.717, 1.165) is 0 Å². The van der Waals surface area contributed by atoms with Gasteiger partial charge in [-0.1, -0.05) is 0 Å².